The predicted octanol–water partition coefficient (Wildman–Crippen LogP) is 2.79. The van der Waals surface area contributed by atoms with Crippen molar-refractivity contribution in [3.05, 3.63) is 29.8 Å². The molecule has 0 radical (unpaired) electrons. The summed E-state index contributed by atoms with van der Waals surface area (Å²) >= 11 is 0. The fraction of sp³-hybridized carbons (Fsp3) is 0.571. The van der Waals surface area contributed by atoms with Gasteiger partial charge in [0.1, 0.15) is 5.75 Å². The number of aliphatic hydroxyl groups excluding tert-OH is 1. The summed E-state index contributed by atoms with van der Waals surface area (Å²) in [5.41, 5.74) is 0.783. The second kappa shape index (κ2) is 6.45. The van der Waals surface area contributed by atoms with Gasteiger partial charge < -0.3 is 9.84 Å². The van der Waals surface area contributed by atoms with Crippen LogP contribution in [0.15, 0.2) is 24.3 Å². The number of rotatable bonds is 4. The van der Waals surface area contributed by atoms with Crippen molar-refractivity contribution in [3.8, 4) is 5.75 Å². The molecule has 0 spiro atoms. The minimum absolute atomic E-state index is 0.160. The van der Waals surface area contributed by atoms with E-state index in [1.54, 1.807) is 12.1 Å². The summed E-state index contributed by atoms with van der Waals surface area (Å²) in [5.74, 6) is 0.0732. The second-order valence-corrected chi connectivity index (χ2v) is 5.12. The number of alkyl halides is 3. The molecule has 1 N–H and O–H groups in total. The minimum Gasteiger partial charge on any atom is -0.406 e. The Bertz CT molecular complexity index is 437. The smallest absolute Gasteiger partial charge is 0.406 e. The highest BCUT2D eigenvalue weighted by atomic mass is 19.4. The maximum Gasteiger partial charge on any atom is 0.573 e. The molecule has 1 heterocycles. The standard InChI is InChI=1S/C14H18F3NO2/c15-14(16,17)20-13-5-1-3-11(7-13)8-18-6-2-4-12(9-18)10-19/h1,3,5,7,12,19H,2,4,6,8-10H2. The van der Waals surface area contributed by atoms with Crippen molar-refractivity contribution < 1.29 is 23.0 Å². The Balaban J connectivity index is 1.97. The predicted molar refractivity (Wildman–Crippen MR) is 68.2 cm³/mol. The Morgan fingerprint density at radius 3 is 2.85 bits per heavy atom. The zero-order valence-electron chi connectivity index (χ0n) is 11.1. The molecule has 0 saturated carbocycles. The first kappa shape index (κ1) is 15.1. The first-order chi connectivity index (χ1) is 9.46. The third-order valence-electron chi connectivity index (χ3n) is 3.40. The summed E-state index contributed by atoms with van der Waals surface area (Å²) in [7, 11) is 0. The third kappa shape index (κ3) is 4.68. The maximum absolute atomic E-state index is 12.2. The highest BCUT2D eigenvalue weighted by molar-refractivity contribution is 5.28. The van der Waals surface area contributed by atoms with Crippen LogP contribution in [0.3, 0.4) is 0 Å². The number of ether oxygens (including phenoxy) is 1. The Morgan fingerprint density at radius 1 is 1.35 bits per heavy atom. The van der Waals surface area contributed by atoms with E-state index < -0.39 is 6.36 Å². The molecular weight excluding hydrogens is 271 g/mol. The zero-order chi connectivity index (χ0) is 14.6. The molecule has 1 aromatic carbocycles. The second-order valence-electron chi connectivity index (χ2n) is 5.12. The number of likely N-dealkylation sites (tertiary alicyclic amines) is 1. The summed E-state index contributed by atoms with van der Waals surface area (Å²) in [5, 5.41) is 9.17. The number of hydrogen-bond donors (Lipinski definition) is 1. The van der Waals surface area contributed by atoms with Crippen LogP contribution in [0, 0.1) is 5.92 Å². The molecular formula is C14H18F3NO2. The molecule has 0 amide bonds. The molecule has 20 heavy (non-hydrogen) atoms. The fourth-order valence-electron chi connectivity index (χ4n) is 2.54. The molecule has 0 aromatic heterocycles. The Kier molecular flexibility index (Phi) is 4.88. The van der Waals surface area contributed by atoms with Crippen LogP contribution in [0.25, 0.3) is 0 Å². The maximum atomic E-state index is 12.2. The van der Waals surface area contributed by atoms with Gasteiger partial charge in [0, 0.05) is 19.7 Å². The lowest BCUT2D eigenvalue weighted by atomic mass is 9.98. The van der Waals surface area contributed by atoms with E-state index in [4.69, 9.17) is 0 Å². The Hall–Kier alpha value is -1.27. The van der Waals surface area contributed by atoms with Crippen LogP contribution in [0.5, 0.6) is 5.75 Å². The first-order valence-electron chi connectivity index (χ1n) is 6.64. The van der Waals surface area contributed by atoms with Crippen molar-refractivity contribution in [2.24, 2.45) is 5.92 Å². The van der Waals surface area contributed by atoms with E-state index in [0.717, 1.165) is 31.5 Å². The lowest BCUT2D eigenvalue weighted by molar-refractivity contribution is -0.274. The van der Waals surface area contributed by atoms with Gasteiger partial charge in [0.25, 0.3) is 0 Å². The lowest BCUT2D eigenvalue weighted by Crippen LogP contribution is -2.36. The highest BCUT2D eigenvalue weighted by Gasteiger charge is 2.31. The molecule has 1 aliphatic rings. The van der Waals surface area contributed by atoms with Gasteiger partial charge in [-0.1, -0.05) is 12.1 Å². The Labute approximate surface area is 116 Å². The highest BCUT2D eigenvalue weighted by Crippen LogP contribution is 2.24. The zero-order valence-corrected chi connectivity index (χ0v) is 11.1. The number of aliphatic hydroxyl groups is 1. The summed E-state index contributed by atoms with van der Waals surface area (Å²) in [6.45, 7) is 2.42. The summed E-state index contributed by atoms with van der Waals surface area (Å²) in [4.78, 5) is 2.15. The largest absolute Gasteiger partial charge is 0.573 e. The van der Waals surface area contributed by atoms with Crippen LogP contribution in [0.2, 0.25) is 0 Å². The quantitative estimate of drug-likeness (QED) is 0.925. The molecule has 0 aliphatic carbocycles. The van der Waals surface area contributed by atoms with E-state index in [1.807, 2.05) is 0 Å². The lowest BCUT2D eigenvalue weighted by Gasteiger charge is -2.31. The molecule has 6 heteroatoms. The molecule has 1 fully saturated rings. The van der Waals surface area contributed by atoms with Gasteiger partial charge in [-0.05, 0) is 43.0 Å². The fourth-order valence-corrected chi connectivity index (χ4v) is 2.54. The van der Waals surface area contributed by atoms with E-state index in [0.29, 0.717) is 6.54 Å². The van der Waals surface area contributed by atoms with Gasteiger partial charge >= 0.3 is 6.36 Å². The van der Waals surface area contributed by atoms with Crippen molar-refractivity contribution in [1.29, 1.82) is 0 Å². The number of piperidine rings is 1. The molecule has 1 aliphatic heterocycles. The molecule has 1 aromatic rings. The van der Waals surface area contributed by atoms with Gasteiger partial charge in [0.2, 0.25) is 0 Å². The van der Waals surface area contributed by atoms with Crippen molar-refractivity contribution >= 4 is 0 Å². The Morgan fingerprint density at radius 2 is 2.15 bits per heavy atom. The molecule has 1 atom stereocenters. The van der Waals surface area contributed by atoms with Crippen molar-refractivity contribution in [3.63, 3.8) is 0 Å². The van der Waals surface area contributed by atoms with Crippen LogP contribution < -0.4 is 4.74 Å². The first-order valence-corrected chi connectivity index (χ1v) is 6.64. The summed E-state index contributed by atoms with van der Waals surface area (Å²) in [6, 6.07) is 6.05. The van der Waals surface area contributed by atoms with Gasteiger partial charge in [0.15, 0.2) is 0 Å². The number of halogens is 3. The van der Waals surface area contributed by atoms with Gasteiger partial charge in [-0.2, -0.15) is 0 Å². The average molecular weight is 289 g/mol. The number of hydrogen-bond acceptors (Lipinski definition) is 3. The topological polar surface area (TPSA) is 32.7 Å². The SMILES string of the molecule is OCC1CCCN(Cc2cccc(OC(F)(F)F)c2)C1. The number of nitrogens with zero attached hydrogens (tertiary/aromatic N) is 1. The van der Waals surface area contributed by atoms with Gasteiger partial charge in [-0.25, -0.2) is 0 Å². The van der Waals surface area contributed by atoms with Crippen molar-refractivity contribution in [1.82, 2.24) is 4.90 Å². The van der Waals surface area contributed by atoms with E-state index in [-0.39, 0.29) is 18.3 Å². The average Bonchev–Trinajstić information content (AvgIpc) is 2.37. The minimum atomic E-state index is -4.66. The van der Waals surface area contributed by atoms with E-state index in [9.17, 15) is 18.3 Å². The molecule has 1 unspecified atom stereocenters. The summed E-state index contributed by atoms with van der Waals surface area (Å²) < 4.78 is 40.4. The van der Waals surface area contributed by atoms with Crippen LogP contribution >= 0.6 is 0 Å². The number of benzene rings is 1. The van der Waals surface area contributed by atoms with Crippen molar-refractivity contribution in [2.75, 3.05) is 19.7 Å². The van der Waals surface area contributed by atoms with Gasteiger partial charge in [-0.3, -0.25) is 4.90 Å². The molecule has 2 rings (SSSR count). The normalized spacial score (nSPS) is 20.9. The van der Waals surface area contributed by atoms with E-state index >= 15 is 0 Å². The van der Waals surface area contributed by atoms with Crippen LogP contribution in [-0.2, 0) is 6.54 Å². The van der Waals surface area contributed by atoms with Crippen LogP contribution in [0.4, 0.5) is 13.2 Å². The van der Waals surface area contributed by atoms with Crippen LogP contribution in [0.1, 0.15) is 18.4 Å². The third-order valence-corrected chi connectivity index (χ3v) is 3.40. The van der Waals surface area contributed by atoms with E-state index in [2.05, 4.69) is 9.64 Å². The molecule has 3 nitrogen and oxygen atoms in total. The van der Waals surface area contributed by atoms with Crippen LogP contribution in [-0.4, -0.2) is 36.1 Å². The van der Waals surface area contributed by atoms with E-state index in [1.165, 1.54) is 12.1 Å². The monoisotopic (exact) mass is 289 g/mol. The molecule has 1 saturated heterocycles. The van der Waals surface area contributed by atoms with Gasteiger partial charge in [-0.15, -0.1) is 13.2 Å². The molecule has 112 valence electrons. The summed E-state index contributed by atoms with van der Waals surface area (Å²) in [6.07, 6.45) is -2.65. The molecule has 0 bridgehead atoms. The van der Waals surface area contributed by atoms with Gasteiger partial charge in [0.05, 0.1) is 0 Å². The van der Waals surface area contributed by atoms with Crippen molar-refractivity contribution in [2.45, 2.75) is 25.7 Å².